The molecule has 0 amide bonds. The molecule has 174 valence electrons. The molecular weight excluding hydrogens is 447 g/mol. The monoisotopic (exact) mass is 471 g/mol. The molecule has 0 spiro atoms. The van der Waals surface area contributed by atoms with E-state index in [4.69, 9.17) is 20.6 Å². The highest BCUT2D eigenvalue weighted by atomic mass is 32.2. The summed E-state index contributed by atoms with van der Waals surface area (Å²) in [4.78, 5) is 30.1. The molecule has 0 radical (unpaired) electrons. The van der Waals surface area contributed by atoms with E-state index in [0.717, 1.165) is 17.8 Å². The van der Waals surface area contributed by atoms with Crippen LogP contribution in [0.3, 0.4) is 0 Å². The Hall–Kier alpha value is -2.82. The van der Waals surface area contributed by atoms with Crippen molar-refractivity contribution in [1.82, 2.24) is 0 Å². The van der Waals surface area contributed by atoms with Crippen LogP contribution >= 0.6 is 11.8 Å². The summed E-state index contributed by atoms with van der Waals surface area (Å²) >= 11 is 0.856. The summed E-state index contributed by atoms with van der Waals surface area (Å²) in [7, 11) is 0. The SMILES string of the molecule is CCOC(=O)C1=C(CSC(=N)N)N=C(C)C(C(=O)OCC)C1c1ccccc1C(F)(F)F. The van der Waals surface area contributed by atoms with E-state index < -0.39 is 35.5 Å². The van der Waals surface area contributed by atoms with Crippen molar-refractivity contribution in [3.63, 3.8) is 0 Å². The molecule has 0 bridgehead atoms. The normalized spacial score (nSPS) is 18.8. The van der Waals surface area contributed by atoms with E-state index in [1.165, 1.54) is 25.1 Å². The highest BCUT2D eigenvalue weighted by Gasteiger charge is 2.46. The summed E-state index contributed by atoms with van der Waals surface area (Å²) in [5.41, 5.74) is 4.28. The van der Waals surface area contributed by atoms with Crippen LogP contribution in [-0.4, -0.2) is 41.8 Å². The number of aliphatic imine (C=N–C) groups is 1. The van der Waals surface area contributed by atoms with Crippen LogP contribution in [0.2, 0.25) is 0 Å². The van der Waals surface area contributed by atoms with Gasteiger partial charge in [-0.3, -0.25) is 15.2 Å². The maximum Gasteiger partial charge on any atom is 0.416 e. The molecule has 1 aromatic carbocycles. The van der Waals surface area contributed by atoms with Crippen LogP contribution in [0, 0.1) is 11.3 Å². The number of hydrogen-bond acceptors (Lipinski definition) is 7. The van der Waals surface area contributed by atoms with Gasteiger partial charge >= 0.3 is 18.1 Å². The number of rotatable bonds is 7. The fourth-order valence-corrected chi connectivity index (χ4v) is 4.05. The molecule has 1 aliphatic rings. The molecule has 0 fully saturated rings. The summed E-state index contributed by atoms with van der Waals surface area (Å²) in [5.74, 6) is -4.34. The van der Waals surface area contributed by atoms with Crippen molar-refractivity contribution in [2.45, 2.75) is 32.9 Å². The molecule has 2 rings (SSSR count). The first-order valence-electron chi connectivity index (χ1n) is 9.77. The maximum atomic E-state index is 13.9. The van der Waals surface area contributed by atoms with Crippen LogP contribution < -0.4 is 5.73 Å². The first-order valence-corrected chi connectivity index (χ1v) is 10.8. The third-order valence-corrected chi connectivity index (χ3v) is 5.45. The molecular formula is C21H24F3N3O4S. The minimum Gasteiger partial charge on any atom is -0.465 e. The van der Waals surface area contributed by atoms with Crippen LogP contribution in [0.5, 0.6) is 0 Å². The Labute approximate surface area is 187 Å². The lowest BCUT2D eigenvalue weighted by atomic mass is 9.74. The Bertz CT molecular complexity index is 960. The number of nitrogens with one attached hydrogen (secondary N) is 1. The average molecular weight is 472 g/mol. The number of carbonyl (C=O) groups excluding carboxylic acids is 2. The average Bonchev–Trinajstić information content (AvgIpc) is 2.71. The van der Waals surface area contributed by atoms with E-state index in [-0.39, 0.29) is 46.7 Å². The molecule has 0 saturated heterocycles. The molecule has 0 aliphatic carbocycles. The highest BCUT2D eigenvalue weighted by Crippen LogP contribution is 2.45. The largest absolute Gasteiger partial charge is 0.465 e. The van der Waals surface area contributed by atoms with Gasteiger partial charge in [0.15, 0.2) is 5.17 Å². The standard InChI is InChI=1S/C21H24F3N3O4S/c1-4-30-18(28)15-11(3)27-14(10-32-20(25)26)17(19(29)31-5-2)16(15)12-8-6-7-9-13(12)21(22,23)24/h6-9,15-16H,4-5,10H2,1-3H3,(H3,25,26). The molecule has 3 N–H and O–H groups in total. The van der Waals surface area contributed by atoms with E-state index in [9.17, 15) is 22.8 Å². The quantitative estimate of drug-likeness (QED) is 0.354. The number of hydrogen-bond donors (Lipinski definition) is 2. The molecule has 1 heterocycles. The number of benzene rings is 1. The number of nitrogens with two attached hydrogens (primary N) is 1. The Morgan fingerprint density at radius 1 is 1.19 bits per heavy atom. The molecule has 11 heteroatoms. The fourth-order valence-electron chi connectivity index (χ4n) is 3.54. The van der Waals surface area contributed by atoms with Gasteiger partial charge in [-0.2, -0.15) is 13.2 Å². The van der Waals surface area contributed by atoms with Gasteiger partial charge in [0.2, 0.25) is 0 Å². The first kappa shape index (κ1) is 25.4. The van der Waals surface area contributed by atoms with Crippen LogP contribution in [0.1, 0.15) is 37.8 Å². The number of esters is 2. The summed E-state index contributed by atoms with van der Waals surface area (Å²) in [6.07, 6.45) is -4.73. The third-order valence-electron chi connectivity index (χ3n) is 4.72. The predicted octanol–water partition coefficient (Wildman–Crippen LogP) is 3.89. The van der Waals surface area contributed by atoms with Crippen LogP contribution in [0.25, 0.3) is 0 Å². The van der Waals surface area contributed by atoms with Crippen LogP contribution in [0.15, 0.2) is 40.5 Å². The number of nitrogens with zero attached hydrogens (tertiary/aromatic N) is 1. The smallest absolute Gasteiger partial charge is 0.416 e. The van der Waals surface area contributed by atoms with E-state index in [1.54, 1.807) is 13.8 Å². The summed E-state index contributed by atoms with van der Waals surface area (Å²) < 4.78 is 51.9. The second-order valence-corrected chi connectivity index (χ2v) is 7.80. The van der Waals surface area contributed by atoms with Crippen LogP contribution in [-0.2, 0) is 25.2 Å². The van der Waals surface area contributed by atoms with Crippen molar-refractivity contribution in [3.8, 4) is 0 Å². The van der Waals surface area contributed by atoms with Gasteiger partial charge in [-0.1, -0.05) is 30.0 Å². The molecule has 2 unspecified atom stereocenters. The predicted molar refractivity (Wildman–Crippen MR) is 115 cm³/mol. The Morgan fingerprint density at radius 2 is 1.81 bits per heavy atom. The number of amidine groups is 1. The van der Waals surface area contributed by atoms with Gasteiger partial charge in [-0.15, -0.1) is 0 Å². The molecule has 1 aromatic rings. The molecule has 0 aromatic heterocycles. The Morgan fingerprint density at radius 3 is 2.38 bits per heavy atom. The van der Waals surface area contributed by atoms with Crippen molar-refractivity contribution in [2.75, 3.05) is 19.0 Å². The van der Waals surface area contributed by atoms with E-state index >= 15 is 0 Å². The summed E-state index contributed by atoms with van der Waals surface area (Å²) in [6, 6.07) is 4.76. The first-order chi connectivity index (χ1) is 15.0. The number of thioether (sulfide) groups is 1. The minimum absolute atomic E-state index is 0.00174. The lowest BCUT2D eigenvalue weighted by molar-refractivity contribution is -0.147. The number of ether oxygens (including phenoxy) is 2. The second kappa shape index (κ2) is 10.7. The van der Waals surface area contributed by atoms with E-state index in [1.807, 2.05) is 0 Å². The number of alkyl halides is 3. The van der Waals surface area contributed by atoms with Crippen molar-refractivity contribution in [1.29, 1.82) is 5.41 Å². The fraction of sp³-hybridized carbons (Fsp3) is 0.429. The van der Waals surface area contributed by atoms with Gasteiger partial charge in [-0.25, -0.2) is 4.79 Å². The Balaban J connectivity index is 2.83. The van der Waals surface area contributed by atoms with E-state index in [0.29, 0.717) is 0 Å². The molecule has 0 saturated carbocycles. The summed E-state index contributed by atoms with van der Waals surface area (Å²) in [6.45, 7) is 4.59. The van der Waals surface area contributed by atoms with Gasteiger partial charge in [-0.05, 0) is 32.4 Å². The van der Waals surface area contributed by atoms with Crippen molar-refractivity contribution in [3.05, 3.63) is 46.7 Å². The highest BCUT2D eigenvalue weighted by molar-refractivity contribution is 8.13. The molecule has 32 heavy (non-hydrogen) atoms. The van der Waals surface area contributed by atoms with Gasteiger partial charge in [0.1, 0.15) is 5.92 Å². The topological polar surface area (TPSA) is 115 Å². The van der Waals surface area contributed by atoms with Gasteiger partial charge in [0.05, 0.1) is 30.0 Å². The van der Waals surface area contributed by atoms with Crippen molar-refractivity contribution < 1.29 is 32.2 Å². The minimum atomic E-state index is -4.73. The molecule has 1 aliphatic heterocycles. The summed E-state index contributed by atoms with van der Waals surface area (Å²) in [5, 5.41) is 7.18. The van der Waals surface area contributed by atoms with E-state index in [2.05, 4.69) is 4.99 Å². The van der Waals surface area contributed by atoms with Crippen molar-refractivity contribution >= 4 is 34.6 Å². The van der Waals surface area contributed by atoms with Crippen LogP contribution in [0.4, 0.5) is 13.2 Å². The zero-order chi connectivity index (χ0) is 24.1. The van der Waals surface area contributed by atoms with Gasteiger partial charge < -0.3 is 15.2 Å². The molecule has 2 atom stereocenters. The third kappa shape index (κ3) is 5.70. The Kier molecular flexibility index (Phi) is 8.48. The van der Waals surface area contributed by atoms with Crippen molar-refractivity contribution in [2.24, 2.45) is 16.6 Å². The molecule has 7 nitrogen and oxygen atoms in total. The lowest BCUT2D eigenvalue weighted by Crippen LogP contribution is -2.38. The maximum absolute atomic E-state index is 13.9. The zero-order valence-electron chi connectivity index (χ0n) is 17.8. The second-order valence-electron chi connectivity index (χ2n) is 6.78. The van der Waals surface area contributed by atoms with Gasteiger partial charge in [0, 0.05) is 17.4 Å². The van der Waals surface area contributed by atoms with Gasteiger partial charge in [0.25, 0.3) is 0 Å². The lowest BCUT2D eigenvalue weighted by Gasteiger charge is -2.33. The number of halogens is 3. The zero-order valence-corrected chi connectivity index (χ0v) is 18.6. The number of carbonyl (C=O) groups is 2.